The molecular formula is C23H29N5O4S. The Balaban J connectivity index is 1.42. The van der Waals surface area contributed by atoms with Gasteiger partial charge in [-0.1, -0.05) is 6.92 Å². The first-order chi connectivity index (χ1) is 15.8. The number of imidazole rings is 1. The van der Waals surface area contributed by atoms with Crippen LogP contribution in [0, 0.1) is 0 Å². The first-order valence-corrected chi connectivity index (χ1v) is 12.6. The minimum absolute atomic E-state index is 0.0287. The Hall–Kier alpha value is -2.95. The molecule has 0 atom stereocenters. The highest BCUT2D eigenvalue weighted by Gasteiger charge is 2.16. The number of sulfonamides is 1. The molecule has 1 saturated heterocycles. The number of carbonyl (C=O) groups excluding carboxylic acids is 1. The van der Waals surface area contributed by atoms with Crippen LogP contribution in [-0.2, 0) is 32.5 Å². The average Bonchev–Trinajstić information content (AvgIpc) is 3.15. The summed E-state index contributed by atoms with van der Waals surface area (Å²) in [6.07, 6.45) is 1.59. The van der Waals surface area contributed by atoms with Gasteiger partial charge in [-0.25, -0.2) is 18.5 Å². The number of rotatable bonds is 8. The van der Waals surface area contributed by atoms with Crippen molar-refractivity contribution in [3.8, 4) is 0 Å². The number of morpholine rings is 1. The lowest BCUT2D eigenvalue weighted by Crippen LogP contribution is -2.36. The molecule has 4 rings (SSSR count). The highest BCUT2D eigenvalue weighted by molar-refractivity contribution is 7.89. The molecule has 0 saturated carbocycles. The zero-order valence-electron chi connectivity index (χ0n) is 18.7. The van der Waals surface area contributed by atoms with Gasteiger partial charge in [-0.05, 0) is 48.9 Å². The Morgan fingerprint density at radius 2 is 1.88 bits per heavy atom. The highest BCUT2D eigenvalue weighted by atomic mass is 32.2. The SMILES string of the molecule is CCCn1c(CCC(=O)Nc2ccc(N3CCOCC3)cc2)nc2cc(S(N)(=O)=O)ccc21. The van der Waals surface area contributed by atoms with Crippen LogP contribution in [0.4, 0.5) is 11.4 Å². The molecule has 3 N–H and O–H groups in total. The summed E-state index contributed by atoms with van der Waals surface area (Å²) in [5, 5.41) is 8.19. The number of nitrogens with zero attached hydrogens (tertiary/aromatic N) is 3. The van der Waals surface area contributed by atoms with Gasteiger partial charge in [0.05, 0.1) is 29.1 Å². The molecule has 33 heavy (non-hydrogen) atoms. The van der Waals surface area contributed by atoms with E-state index in [4.69, 9.17) is 9.88 Å². The number of benzene rings is 2. The zero-order chi connectivity index (χ0) is 23.4. The molecule has 0 radical (unpaired) electrons. The third-order valence-corrected chi connectivity index (χ3v) is 6.59. The maximum absolute atomic E-state index is 12.6. The number of aromatic nitrogens is 2. The molecule has 1 aliphatic heterocycles. The van der Waals surface area contributed by atoms with Crippen LogP contribution in [0.2, 0.25) is 0 Å². The number of amides is 1. The first kappa shape index (κ1) is 23.2. The molecule has 1 fully saturated rings. The Morgan fingerprint density at radius 1 is 1.15 bits per heavy atom. The van der Waals surface area contributed by atoms with Gasteiger partial charge in [-0.2, -0.15) is 0 Å². The Bertz CT molecular complexity index is 1230. The van der Waals surface area contributed by atoms with Gasteiger partial charge in [0, 0.05) is 43.9 Å². The smallest absolute Gasteiger partial charge is 0.238 e. The van der Waals surface area contributed by atoms with E-state index in [0.717, 1.165) is 62.0 Å². The maximum atomic E-state index is 12.6. The quantitative estimate of drug-likeness (QED) is 0.521. The topological polar surface area (TPSA) is 120 Å². The van der Waals surface area contributed by atoms with E-state index in [1.807, 2.05) is 28.8 Å². The summed E-state index contributed by atoms with van der Waals surface area (Å²) in [5.74, 6) is 0.644. The van der Waals surface area contributed by atoms with Crippen LogP contribution in [0.15, 0.2) is 47.4 Å². The second-order valence-corrected chi connectivity index (χ2v) is 9.63. The standard InChI is InChI=1S/C23H29N5O4S/c1-2-11-28-21-8-7-19(33(24,30)31)16-20(21)26-22(28)9-10-23(29)25-17-3-5-18(6-4-17)27-12-14-32-15-13-27/h3-8,16H,2,9-15H2,1H3,(H,25,29)(H2,24,30,31). The predicted molar refractivity (Wildman–Crippen MR) is 128 cm³/mol. The van der Waals surface area contributed by atoms with Gasteiger partial charge in [-0.3, -0.25) is 4.79 Å². The van der Waals surface area contributed by atoms with Crippen molar-refractivity contribution in [3.05, 3.63) is 48.3 Å². The van der Waals surface area contributed by atoms with Gasteiger partial charge in [0.2, 0.25) is 15.9 Å². The minimum Gasteiger partial charge on any atom is -0.378 e. The monoisotopic (exact) mass is 471 g/mol. The Morgan fingerprint density at radius 3 is 2.55 bits per heavy atom. The van der Waals surface area contributed by atoms with E-state index >= 15 is 0 Å². The number of nitrogens with one attached hydrogen (secondary N) is 1. The lowest BCUT2D eigenvalue weighted by Gasteiger charge is -2.28. The average molecular weight is 472 g/mol. The summed E-state index contributed by atoms with van der Waals surface area (Å²) in [6, 6.07) is 12.5. The molecule has 0 unspecified atom stereocenters. The number of fused-ring (bicyclic) bond motifs is 1. The van der Waals surface area contributed by atoms with E-state index < -0.39 is 10.0 Å². The molecule has 2 aromatic carbocycles. The van der Waals surface area contributed by atoms with Gasteiger partial charge >= 0.3 is 0 Å². The highest BCUT2D eigenvalue weighted by Crippen LogP contribution is 2.22. The number of anilines is 2. The number of nitrogens with two attached hydrogens (primary N) is 1. The molecular weight excluding hydrogens is 442 g/mol. The molecule has 3 aromatic rings. The number of hydrogen-bond donors (Lipinski definition) is 2. The Kier molecular flexibility index (Phi) is 6.96. The molecule has 176 valence electrons. The number of primary sulfonamides is 1. The lowest BCUT2D eigenvalue weighted by atomic mass is 10.2. The van der Waals surface area contributed by atoms with Gasteiger partial charge in [0.15, 0.2) is 0 Å². The predicted octanol–water partition coefficient (Wildman–Crippen LogP) is 2.50. The summed E-state index contributed by atoms with van der Waals surface area (Å²) in [5.41, 5.74) is 3.25. The van der Waals surface area contributed by atoms with Crippen LogP contribution in [0.25, 0.3) is 11.0 Å². The van der Waals surface area contributed by atoms with Crippen molar-refractivity contribution in [1.82, 2.24) is 9.55 Å². The molecule has 1 aromatic heterocycles. The summed E-state index contributed by atoms with van der Waals surface area (Å²) in [6.45, 7) is 5.97. The van der Waals surface area contributed by atoms with E-state index in [1.165, 1.54) is 12.1 Å². The van der Waals surface area contributed by atoms with Gasteiger partial charge < -0.3 is 19.5 Å². The van der Waals surface area contributed by atoms with Crippen LogP contribution in [-0.4, -0.2) is 50.2 Å². The van der Waals surface area contributed by atoms with Gasteiger partial charge in [0.25, 0.3) is 0 Å². The Labute approximate surface area is 193 Å². The van der Waals surface area contributed by atoms with E-state index in [0.29, 0.717) is 11.9 Å². The maximum Gasteiger partial charge on any atom is 0.238 e. The van der Waals surface area contributed by atoms with E-state index in [2.05, 4.69) is 22.1 Å². The molecule has 0 bridgehead atoms. The zero-order valence-corrected chi connectivity index (χ0v) is 19.5. The summed E-state index contributed by atoms with van der Waals surface area (Å²) in [7, 11) is -3.80. The van der Waals surface area contributed by atoms with Gasteiger partial charge in [0.1, 0.15) is 5.82 Å². The fourth-order valence-corrected chi connectivity index (χ4v) is 4.56. The number of ether oxygens (including phenoxy) is 1. The van der Waals surface area contributed by atoms with Crippen LogP contribution in [0.3, 0.4) is 0 Å². The van der Waals surface area contributed by atoms with Crippen LogP contribution in [0.5, 0.6) is 0 Å². The molecule has 10 heteroatoms. The van der Waals surface area contributed by atoms with Gasteiger partial charge in [-0.15, -0.1) is 0 Å². The normalized spacial score (nSPS) is 14.5. The summed E-state index contributed by atoms with van der Waals surface area (Å²) in [4.78, 5) is 19.5. The number of aryl methyl sites for hydroxylation is 2. The van der Waals surface area contributed by atoms with Crippen LogP contribution < -0.4 is 15.4 Å². The molecule has 1 amide bonds. The largest absolute Gasteiger partial charge is 0.378 e. The van der Waals surface area contributed by atoms with Crippen LogP contribution in [0.1, 0.15) is 25.6 Å². The van der Waals surface area contributed by atoms with Crippen molar-refractivity contribution >= 4 is 38.3 Å². The van der Waals surface area contributed by atoms with Crippen molar-refractivity contribution in [2.45, 2.75) is 37.6 Å². The molecule has 9 nitrogen and oxygen atoms in total. The fourth-order valence-electron chi connectivity index (χ4n) is 4.03. The van der Waals surface area contributed by atoms with Crippen molar-refractivity contribution in [3.63, 3.8) is 0 Å². The third kappa shape index (κ3) is 5.52. The molecule has 0 aliphatic carbocycles. The lowest BCUT2D eigenvalue weighted by molar-refractivity contribution is -0.116. The first-order valence-electron chi connectivity index (χ1n) is 11.1. The molecule has 2 heterocycles. The second-order valence-electron chi connectivity index (χ2n) is 8.07. The molecule has 1 aliphatic rings. The van der Waals surface area contributed by atoms with E-state index in [9.17, 15) is 13.2 Å². The summed E-state index contributed by atoms with van der Waals surface area (Å²) >= 11 is 0. The number of hydrogen-bond acceptors (Lipinski definition) is 6. The summed E-state index contributed by atoms with van der Waals surface area (Å²) < 4.78 is 30.8. The van der Waals surface area contributed by atoms with E-state index in [-0.39, 0.29) is 17.2 Å². The van der Waals surface area contributed by atoms with Crippen molar-refractivity contribution in [1.29, 1.82) is 0 Å². The second kappa shape index (κ2) is 9.90. The minimum atomic E-state index is -3.80. The van der Waals surface area contributed by atoms with E-state index in [1.54, 1.807) is 6.07 Å². The van der Waals surface area contributed by atoms with Crippen molar-refractivity contribution in [2.24, 2.45) is 5.14 Å². The number of carbonyl (C=O) groups is 1. The van der Waals surface area contributed by atoms with Crippen molar-refractivity contribution in [2.75, 3.05) is 36.5 Å². The van der Waals surface area contributed by atoms with Crippen LogP contribution >= 0.6 is 0 Å². The third-order valence-electron chi connectivity index (χ3n) is 5.68. The van der Waals surface area contributed by atoms with Crippen molar-refractivity contribution < 1.29 is 17.9 Å². The molecule has 0 spiro atoms. The fraction of sp³-hybridized carbons (Fsp3) is 0.391.